The zero-order chi connectivity index (χ0) is 20.6. The summed E-state index contributed by atoms with van der Waals surface area (Å²) in [4.78, 5) is 14.6. The molecule has 29 heavy (non-hydrogen) atoms. The van der Waals surface area contributed by atoms with Gasteiger partial charge in [0.15, 0.2) is 0 Å². The van der Waals surface area contributed by atoms with E-state index in [2.05, 4.69) is 41.5 Å². The number of nitrogens with one attached hydrogen (secondary N) is 1. The van der Waals surface area contributed by atoms with E-state index < -0.39 is 0 Å². The smallest absolute Gasteiger partial charge is 0.251 e. The number of halogens is 1. The highest BCUT2D eigenvalue weighted by Crippen LogP contribution is 2.33. The molecule has 0 bridgehead atoms. The lowest BCUT2D eigenvalue weighted by Gasteiger charge is -2.29. The Morgan fingerprint density at radius 1 is 1.07 bits per heavy atom. The molecule has 5 heteroatoms. The first-order valence-electron chi connectivity index (χ1n) is 10.5. The largest absolute Gasteiger partial charge is 0.396 e. The average molecular weight is 415 g/mol. The normalized spacial score (nSPS) is 19.3. The van der Waals surface area contributed by atoms with Crippen molar-refractivity contribution in [2.75, 3.05) is 20.2 Å². The maximum Gasteiger partial charge on any atom is 0.251 e. The number of carbonyl (C=O) groups is 1. The number of aliphatic hydroxyl groups is 1. The fourth-order valence-corrected chi connectivity index (χ4v) is 4.19. The zero-order valence-electron chi connectivity index (χ0n) is 17.1. The van der Waals surface area contributed by atoms with Gasteiger partial charge in [0.2, 0.25) is 0 Å². The molecule has 0 atom stereocenters. The van der Waals surface area contributed by atoms with Crippen LogP contribution in [0, 0.1) is 0 Å². The van der Waals surface area contributed by atoms with Gasteiger partial charge in [-0.1, -0.05) is 35.9 Å². The van der Waals surface area contributed by atoms with Crippen molar-refractivity contribution >= 4 is 17.5 Å². The van der Waals surface area contributed by atoms with Crippen LogP contribution in [0.4, 0.5) is 0 Å². The molecule has 0 spiro atoms. The summed E-state index contributed by atoms with van der Waals surface area (Å²) >= 11 is 5.89. The quantitative estimate of drug-likeness (QED) is 0.663. The third-order valence-corrected chi connectivity index (χ3v) is 6.02. The number of amides is 1. The fourth-order valence-electron chi connectivity index (χ4n) is 4.07. The minimum absolute atomic E-state index is 0.0141. The lowest BCUT2D eigenvalue weighted by Crippen LogP contribution is -2.37. The fraction of sp³-hybridized carbons (Fsp3) is 0.458. The molecular formula is C24H31ClN2O2. The van der Waals surface area contributed by atoms with E-state index >= 15 is 0 Å². The van der Waals surface area contributed by atoms with Crippen molar-refractivity contribution in [1.82, 2.24) is 10.2 Å². The van der Waals surface area contributed by atoms with Crippen molar-refractivity contribution in [3.05, 3.63) is 70.2 Å². The van der Waals surface area contributed by atoms with E-state index in [9.17, 15) is 4.79 Å². The number of nitrogens with zero attached hydrogens (tertiary/aromatic N) is 1. The Morgan fingerprint density at radius 3 is 2.34 bits per heavy atom. The van der Waals surface area contributed by atoms with Crippen LogP contribution in [0.25, 0.3) is 0 Å². The molecule has 4 nitrogen and oxygen atoms in total. The zero-order valence-corrected chi connectivity index (χ0v) is 17.9. The van der Waals surface area contributed by atoms with Gasteiger partial charge in [0, 0.05) is 36.3 Å². The Hall–Kier alpha value is -1.88. The molecule has 0 heterocycles. The maximum absolute atomic E-state index is 12.4. The van der Waals surface area contributed by atoms with Gasteiger partial charge in [0.1, 0.15) is 0 Å². The summed E-state index contributed by atoms with van der Waals surface area (Å²) in [6, 6.07) is 16.2. The van der Waals surface area contributed by atoms with Crippen molar-refractivity contribution in [3.8, 4) is 0 Å². The van der Waals surface area contributed by atoms with Gasteiger partial charge in [-0.15, -0.1) is 0 Å². The van der Waals surface area contributed by atoms with E-state index in [-0.39, 0.29) is 18.6 Å². The second-order valence-corrected chi connectivity index (χ2v) is 8.52. The molecule has 156 valence electrons. The predicted molar refractivity (Wildman–Crippen MR) is 118 cm³/mol. The van der Waals surface area contributed by atoms with Crippen molar-refractivity contribution in [3.63, 3.8) is 0 Å². The van der Waals surface area contributed by atoms with Crippen molar-refractivity contribution in [2.45, 2.75) is 50.6 Å². The first-order valence-corrected chi connectivity index (χ1v) is 10.9. The van der Waals surface area contributed by atoms with E-state index in [0.29, 0.717) is 16.5 Å². The topological polar surface area (TPSA) is 52.6 Å². The summed E-state index contributed by atoms with van der Waals surface area (Å²) in [6.45, 7) is 2.06. The van der Waals surface area contributed by atoms with Gasteiger partial charge in [-0.3, -0.25) is 4.79 Å². The van der Waals surface area contributed by atoms with Gasteiger partial charge in [-0.05, 0) is 80.5 Å². The molecule has 1 aliphatic rings. The Morgan fingerprint density at radius 2 is 1.72 bits per heavy atom. The van der Waals surface area contributed by atoms with Crippen LogP contribution >= 0.6 is 11.6 Å². The summed E-state index contributed by atoms with van der Waals surface area (Å²) in [5, 5.41) is 12.8. The Labute approximate surface area is 178 Å². The standard InChI is InChI=1S/C24H31ClN2O2/c1-27(15-2-16-28)17-18-3-5-19(6-4-18)20-9-13-23(14-10-20)26-24(29)21-7-11-22(25)12-8-21/h3-8,11-12,20,23,28H,2,9-10,13-17H2,1H3,(H,26,29). The molecule has 3 rings (SSSR count). The van der Waals surface area contributed by atoms with Gasteiger partial charge in [0.05, 0.1) is 0 Å². The Kier molecular flexibility index (Phi) is 8.10. The van der Waals surface area contributed by atoms with Crippen LogP contribution in [0.3, 0.4) is 0 Å². The minimum atomic E-state index is -0.0141. The Balaban J connectivity index is 1.46. The van der Waals surface area contributed by atoms with Crippen molar-refractivity contribution < 1.29 is 9.90 Å². The van der Waals surface area contributed by atoms with E-state index in [1.54, 1.807) is 24.3 Å². The van der Waals surface area contributed by atoms with Gasteiger partial charge in [-0.25, -0.2) is 0 Å². The van der Waals surface area contributed by atoms with Gasteiger partial charge in [0.25, 0.3) is 5.91 Å². The number of carbonyl (C=O) groups excluding carboxylic acids is 1. The molecule has 2 aromatic carbocycles. The molecule has 0 unspecified atom stereocenters. The van der Waals surface area contributed by atoms with Crippen LogP contribution in [0.5, 0.6) is 0 Å². The van der Waals surface area contributed by atoms with Crippen molar-refractivity contribution in [1.29, 1.82) is 0 Å². The first-order chi connectivity index (χ1) is 14.0. The lowest BCUT2D eigenvalue weighted by molar-refractivity contribution is 0.0926. The third-order valence-electron chi connectivity index (χ3n) is 5.77. The maximum atomic E-state index is 12.4. The predicted octanol–water partition coefficient (Wildman–Crippen LogP) is 4.61. The molecule has 2 aromatic rings. The van der Waals surface area contributed by atoms with Crippen LogP contribution < -0.4 is 5.32 Å². The van der Waals surface area contributed by atoms with Crippen LogP contribution in [0.15, 0.2) is 48.5 Å². The second kappa shape index (κ2) is 10.8. The highest BCUT2D eigenvalue weighted by molar-refractivity contribution is 6.30. The molecule has 0 aliphatic heterocycles. The molecule has 0 radical (unpaired) electrons. The average Bonchev–Trinajstić information content (AvgIpc) is 2.74. The molecule has 1 fully saturated rings. The SMILES string of the molecule is CN(CCCO)Cc1ccc(C2CCC(NC(=O)c3ccc(Cl)cc3)CC2)cc1. The first kappa shape index (κ1) is 21.8. The minimum Gasteiger partial charge on any atom is -0.396 e. The number of hydrogen-bond acceptors (Lipinski definition) is 3. The number of hydrogen-bond donors (Lipinski definition) is 2. The number of benzene rings is 2. The van der Waals surface area contributed by atoms with E-state index in [4.69, 9.17) is 16.7 Å². The van der Waals surface area contributed by atoms with Gasteiger partial charge in [-0.2, -0.15) is 0 Å². The number of aliphatic hydroxyl groups excluding tert-OH is 1. The molecular weight excluding hydrogens is 384 g/mol. The van der Waals surface area contributed by atoms with E-state index in [0.717, 1.165) is 45.2 Å². The summed E-state index contributed by atoms with van der Waals surface area (Å²) in [5.74, 6) is 0.555. The molecule has 0 aromatic heterocycles. The summed E-state index contributed by atoms with van der Waals surface area (Å²) in [6.07, 6.45) is 5.03. The monoisotopic (exact) mass is 414 g/mol. The van der Waals surface area contributed by atoms with Crippen LogP contribution in [-0.4, -0.2) is 42.2 Å². The molecule has 1 amide bonds. The van der Waals surface area contributed by atoms with E-state index in [1.165, 1.54) is 11.1 Å². The highest BCUT2D eigenvalue weighted by Gasteiger charge is 2.23. The van der Waals surface area contributed by atoms with Gasteiger partial charge < -0.3 is 15.3 Å². The second-order valence-electron chi connectivity index (χ2n) is 8.09. The van der Waals surface area contributed by atoms with Crippen LogP contribution in [0.2, 0.25) is 5.02 Å². The summed E-state index contributed by atoms with van der Waals surface area (Å²) in [7, 11) is 2.09. The molecule has 0 saturated heterocycles. The summed E-state index contributed by atoms with van der Waals surface area (Å²) in [5.41, 5.74) is 3.36. The molecule has 1 saturated carbocycles. The van der Waals surface area contributed by atoms with Crippen molar-refractivity contribution in [2.24, 2.45) is 0 Å². The third kappa shape index (κ3) is 6.56. The lowest BCUT2D eigenvalue weighted by atomic mass is 9.81. The molecule has 2 N–H and O–H groups in total. The summed E-state index contributed by atoms with van der Waals surface area (Å²) < 4.78 is 0. The highest BCUT2D eigenvalue weighted by atomic mass is 35.5. The van der Waals surface area contributed by atoms with E-state index in [1.807, 2.05) is 0 Å². The van der Waals surface area contributed by atoms with Crippen LogP contribution in [0.1, 0.15) is 59.5 Å². The Bertz CT molecular complexity index is 768. The molecule has 1 aliphatic carbocycles. The van der Waals surface area contributed by atoms with Crippen LogP contribution in [-0.2, 0) is 6.54 Å². The number of rotatable bonds is 8. The van der Waals surface area contributed by atoms with Gasteiger partial charge >= 0.3 is 0 Å².